The smallest absolute Gasteiger partial charge is 0.255 e. The van der Waals surface area contributed by atoms with E-state index < -0.39 is 6.04 Å². The molecule has 3 heterocycles. The molecule has 0 aliphatic carbocycles. The Balaban J connectivity index is 0.938. The number of piperazine rings is 1. The Bertz CT molecular complexity index is 1900. The maximum Gasteiger partial charge on any atom is 0.255 e. The molecule has 0 aromatic heterocycles. The fourth-order valence-electron chi connectivity index (χ4n) is 7.31. The predicted molar refractivity (Wildman–Crippen MR) is 194 cm³/mol. The second-order valence-corrected chi connectivity index (χ2v) is 13.1. The molecule has 7 rings (SSSR count). The summed E-state index contributed by atoms with van der Waals surface area (Å²) < 4.78 is 6.19. The topological polar surface area (TPSA) is 102 Å². The highest BCUT2D eigenvalue weighted by Gasteiger charge is 2.39. The summed E-state index contributed by atoms with van der Waals surface area (Å²) in [6.07, 6.45) is 1.47. The summed E-state index contributed by atoms with van der Waals surface area (Å²) in [7, 11) is 0. The Morgan fingerprint density at radius 1 is 0.840 bits per heavy atom. The molecule has 9 nitrogen and oxygen atoms in total. The summed E-state index contributed by atoms with van der Waals surface area (Å²) in [6.45, 7) is 7.50. The number of nitrogens with one attached hydrogen (secondary N) is 1. The third-order valence-electron chi connectivity index (χ3n) is 10.00. The van der Waals surface area contributed by atoms with Gasteiger partial charge in [0.1, 0.15) is 24.1 Å². The Labute approximate surface area is 292 Å². The van der Waals surface area contributed by atoms with Gasteiger partial charge >= 0.3 is 0 Å². The van der Waals surface area contributed by atoms with Crippen LogP contribution >= 0.6 is 0 Å². The van der Waals surface area contributed by atoms with Crippen LogP contribution in [0.3, 0.4) is 0 Å². The van der Waals surface area contributed by atoms with Crippen molar-refractivity contribution in [2.45, 2.75) is 38.8 Å². The quantitative estimate of drug-likeness (QED) is 0.164. The van der Waals surface area contributed by atoms with Crippen LogP contribution in [0.25, 0.3) is 11.1 Å². The average molecular weight is 671 g/mol. The minimum Gasteiger partial charge on any atom is -0.508 e. The highest BCUT2D eigenvalue weighted by atomic mass is 16.5. The van der Waals surface area contributed by atoms with Crippen LogP contribution in [0, 0.1) is 0 Å². The van der Waals surface area contributed by atoms with Gasteiger partial charge in [0.15, 0.2) is 0 Å². The lowest BCUT2D eigenvalue weighted by atomic mass is 9.88. The maximum atomic E-state index is 13.1. The van der Waals surface area contributed by atoms with Crippen LogP contribution in [0.4, 0.5) is 5.69 Å². The second kappa shape index (κ2) is 14.6. The SMILES string of the molecule is CC/C(=C(\c1ccc(O)cc1)c1ccc(OCCN2CCN(c3ccc4c(c3)CN(C3CCC(=O)NC3=O)C4=O)CC2)cc1)c1ccccc1. The highest BCUT2D eigenvalue weighted by molar-refractivity contribution is 6.05. The number of benzene rings is 4. The first-order valence-corrected chi connectivity index (χ1v) is 17.4. The summed E-state index contributed by atoms with van der Waals surface area (Å²) in [5, 5.41) is 12.3. The van der Waals surface area contributed by atoms with Crippen molar-refractivity contribution in [3.63, 3.8) is 0 Å². The van der Waals surface area contributed by atoms with Gasteiger partial charge in [0.05, 0.1) is 0 Å². The van der Waals surface area contributed by atoms with E-state index in [2.05, 4.69) is 64.5 Å². The Hall–Kier alpha value is -5.41. The highest BCUT2D eigenvalue weighted by Crippen LogP contribution is 2.36. The van der Waals surface area contributed by atoms with E-state index in [1.54, 1.807) is 17.0 Å². The number of fused-ring (bicyclic) bond motifs is 1. The van der Waals surface area contributed by atoms with Crippen LogP contribution in [0.1, 0.15) is 58.8 Å². The van der Waals surface area contributed by atoms with E-state index in [4.69, 9.17) is 4.74 Å². The average Bonchev–Trinajstić information content (AvgIpc) is 3.47. The molecule has 3 aliphatic rings. The molecule has 2 fully saturated rings. The van der Waals surface area contributed by atoms with Gasteiger partial charge in [-0.05, 0) is 88.7 Å². The van der Waals surface area contributed by atoms with Crippen LogP contribution in [0.15, 0.2) is 97.1 Å². The van der Waals surface area contributed by atoms with Crippen LogP contribution in [-0.4, -0.2) is 78.0 Å². The number of rotatable bonds is 10. The van der Waals surface area contributed by atoms with E-state index in [0.717, 1.165) is 72.8 Å². The molecular formula is C41H42N4O5. The molecule has 4 aromatic carbocycles. The zero-order chi connectivity index (χ0) is 34.6. The van der Waals surface area contributed by atoms with Crippen molar-refractivity contribution in [3.05, 3.63) is 125 Å². The molecule has 4 aromatic rings. The van der Waals surface area contributed by atoms with Gasteiger partial charge < -0.3 is 19.6 Å². The van der Waals surface area contributed by atoms with Gasteiger partial charge in [0.25, 0.3) is 5.91 Å². The van der Waals surface area contributed by atoms with Crippen molar-refractivity contribution in [3.8, 4) is 11.5 Å². The first kappa shape index (κ1) is 33.1. The lowest BCUT2D eigenvalue weighted by Crippen LogP contribution is -2.52. The van der Waals surface area contributed by atoms with Crippen molar-refractivity contribution < 1.29 is 24.2 Å². The van der Waals surface area contributed by atoms with Crippen molar-refractivity contribution in [2.24, 2.45) is 0 Å². The van der Waals surface area contributed by atoms with Gasteiger partial charge in [-0.25, -0.2) is 0 Å². The monoisotopic (exact) mass is 670 g/mol. The van der Waals surface area contributed by atoms with E-state index in [0.29, 0.717) is 25.1 Å². The molecule has 1 atom stereocenters. The number of phenolic OH excluding ortho intramolecular Hbond substituents is 1. The lowest BCUT2D eigenvalue weighted by Gasteiger charge is -2.36. The third-order valence-corrected chi connectivity index (χ3v) is 10.00. The first-order chi connectivity index (χ1) is 24.4. The number of piperidine rings is 1. The molecule has 50 heavy (non-hydrogen) atoms. The number of amides is 3. The van der Waals surface area contributed by atoms with Crippen molar-refractivity contribution in [1.82, 2.24) is 15.1 Å². The minimum absolute atomic E-state index is 0.146. The van der Waals surface area contributed by atoms with Crippen molar-refractivity contribution in [1.29, 1.82) is 0 Å². The summed E-state index contributed by atoms with van der Waals surface area (Å²) in [6, 6.07) is 31.5. The second-order valence-electron chi connectivity index (χ2n) is 13.1. The molecule has 0 saturated carbocycles. The standard InChI is InChI=1S/C41H42N4O5/c1-2-35(28-6-4-3-5-7-28)39(29-8-13-33(46)14-9-29)30-10-15-34(16-11-30)50-25-24-43-20-22-44(23-21-43)32-12-17-36-31(26-32)27-45(41(36)49)37-18-19-38(47)42-40(37)48/h3-17,26,37,46H,2,18-25,27H2,1H3,(H,42,47,48)/b39-35-. The summed E-state index contributed by atoms with van der Waals surface area (Å²) >= 11 is 0. The first-order valence-electron chi connectivity index (χ1n) is 17.4. The number of allylic oxidation sites excluding steroid dienone is 1. The number of carbonyl (C=O) groups is 3. The number of hydrogen-bond acceptors (Lipinski definition) is 7. The maximum absolute atomic E-state index is 13.1. The van der Waals surface area contributed by atoms with E-state index in [1.807, 2.05) is 42.5 Å². The molecule has 1 unspecified atom stereocenters. The number of aromatic hydroxyl groups is 1. The Morgan fingerprint density at radius 3 is 2.22 bits per heavy atom. The summed E-state index contributed by atoms with van der Waals surface area (Å²) in [4.78, 5) is 43.4. The van der Waals surface area contributed by atoms with E-state index in [1.165, 1.54) is 11.1 Å². The Kier molecular flexibility index (Phi) is 9.67. The van der Waals surface area contributed by atoms with Crippen molar-refractivity contribution in [2.75, 3.05) is 44.2 Å². The zero-order valence-electron chi connectivity index (χ0n) is 28.3. The lowest BCUT2D eigenvalue weighted by molar-refractivity contribution is -0.136. The third kappa shape index (κ3) is 7.00. The largest absolute Gasteiger partial charge is 0.508 e. The minimum atomic E-state index is -0.604. The fraction of sp³-hybridized carbons (Fsp3) is 0.293. The van der Waals surface area contributed by atoms with Gasteiger partial charge in [-0.1, -0.05) is 61.5 Å². The number of nitrogens with zero attached hydrogens (tertiary/aromatic N) is 3. The molecule has 0 spiro atoms. The van der Waals surface area contributed by atoms with E-state index in [-0.39, 0.29) is 29.9 Å². The van der Waals surface area contributed by atoms with Crippen LogP contribution in [0.5, 0.6) is 11.5 Å². The molecule has 3 aliphatic heterocycles. The number of hydrogen-bond donors (Lipinski definition) is 2. The van der Waals surface area contributed by atoms with E-state index in [9.17, 15) is 19.5 Å². The molecule has 256 valence electrons. The van der Waals surface area contributed by atoms with Gasteiger partial charge in [-0.3, -0.25) is 24.6 Å². The molecule has 2 saturated heterocycles. The van der Waals surface area contributed by atoms with Crippen molar-refractivity contribution >= 4 is 34.6 Å². The number of imide groups is 1. The Morgan fingerprint density at radius 2 is 1.54 bits per heavy atom. The molecule has 3 amide bonds. The summed E-state index contributed by atoms with van der Waals surface area (Å²) in [5.41, 5.74) is 8.36. The van der Waals surface area contributed by atoms with E-state index >= 15 is 0 Å². The predicted octanol–water partition coefficient (Wildman–Crippen LogP) is 5.72. The number of phenols is 1. The molecular weight excluding hydrogens is 628 g/mol. The normalized spacial score (nSPS) is 18.5. The van der Waals surface area contributed by atoms with Gasteiger partial charge in [0.2, 0.25) is 11.8 Å². The fourth-order valence-corrected chi connectivity index (χ4v) is 7.31. The number of carbonyl (C=O) groups excluding carboxylic acids is 3. The van der Waals surface area contributed by atoms with Gasteiger partial charge in [-0.15, -0.1) is 0 Å². The molecule has 0 bridgehead atoms. The zero-order valence-corrected chi connectivity index (χ0v) is 28.3. The molecule has 0 radical (unpaired) electrons. The molecule has 2 N–H and O–H groups in total. The van der Waals surface area contributed by atoms with Gasteiger partial charge in [0, 0.05) is 56.9 Å². The van der Waals surface area contributed by atoms with Crippen LogP contribution < -0.4 is 15.0 Å². The molecule has 9 heteroatoms. The number of ether oxygens (including phenoxy) is 1. The van der Waals surface area contributed by atoms with Gasteiger partial charge in [-0.2, -0.15) is 0 Å². The van der Waals surface area contributed by atoms with Crippen LogP contribution in [-0.2, 0) is 16.1 Å². The number of anilines is 1. The summed E-state index contributed by atoms with van der Waals surface area (Å²) in [5.74, 6) is 0.261. The van der Waals surface area contributed by atoms with Crippen LogP contribution in [0.2, 0.25) is 0 Å².